The zero-order chi connectivity index (χ0) is 13.7. The number of benzene rings is 1. The van der Waals surface area contributed by atoms with Crippen molar-refractivity contribution in [3.05, 3.63) is 41.5 Å². The van der Waals surface area contributed by atoms with Gasteiger partial charge in [-0.05, 0) is 19.1 Å². The Balaban J connectivity index is 3.00. The molecule has 0 spiro atoms. The molecule has 1 aromatic rings. The van der Waals surface area contributed by atoms with Crippen LogP contribution in [0, 0.1) is 11.6 Å². The molecule has 6 heteroatoms. The van der Waals surface area contributed by atoms with Gasteiger partial charge in [0.15, 0.2) is 11.6 Å². The van der Waals surface area contributed by atoms with Crippen molar-refractivity contribution in [1.82, 2.24) is 0 Å². The molecule has 96 valence electrons. The largest absolute Gasteiger partial charge is 0.507 e. The van der Waals surface area contributed by atoms with Gasteiger partial charge in [-0.1, -0.05) is 6.07 Å². The van der Waals surface area contributed by atoms with Gasteiger partial charge < -0.3 is 9.84 Å². The van der Waals surface area contributed by atoms with Gasteiger partial charge in [0.25, 0.3) is 5.78 Å². The predicted molar refractivity (Wildman–Crippen MR) is 58.6 cm³/mol. The number of esters is 1. The van der Waals surface area contributed by atoms with Gasteiger partial charge in [-0.2, -0.15) is 0 Å². The van der Waals surface area contributed by atoms with Gasteiger partial charge >= 0.3 is 5.97 Å². The van der Waals surface area contributed by atoms with Crippen LogP contribution in [0.1, 0.15) is 12.5 Å². The maximum absolute atomic E-state index is 13.2. The Hall–Kier alpha value is -2.24. The summed E-state index contributed by atoms with van der Waals surface area (Å²) in [7, 11) is 0. The summed E-state index contributed by atoms with van der Waals surface area (Å²) in [6.45, 7) is 1.49. The number of hydrogen-bond acceptors (Lipinski definition) is 4. The first kappa shape index (κ1) is 13.8. The number of carbonyl (C=O) groups is 2. The number of ketones is 1. The second-order valence-electron chi connectivity index (χ2n) is 3.22. The quantitative estimate of drug-likeness (QED) is 0.387. The second-order valence-corrected chi connectivity index (χ2v) is 3.22. The van der Waals surface area contributed by atoms with Crippen LogP contribution in [0.25, 0.3) is 5.76 Å². The zero-order valence-electron chi connectivity index (χ0n) is 9.44. The summed E-state index contributed by atoms with van der Waals surface area (Å²) in [5, 5.41) is 9.44. The van der Waals surface area contributed by atoms with Crippen molar-refractivity contribution in [3.8, 4) is 0 Å². The normalized spacial score (nSPS) is 11.2. The summed E-state index contributed by atoms with van der Waals surface area (Å²) in [5.74, 6) is -5.65. The molecule has 0 saturated heterocycles. The van der Waals surface area contributed by atoms with E-state index in [0.29, 0.717) is 6.08 Å². The number of halogens is 2. The number of aliphatic hydroxyl groups excluding tert-OH is 1. The van der Waals surface area contributed by atoms with Gasteiger partial charge in [-0.3, -0.25) is 4.79 Å². The fourth-order valence-corrected chi connectivity index (χ4v) is 1.16. The van der Waals surface area contributed by atoms with Crippen LogP contribution >= 0.6 is 0 Å². The van der Waals surface area contributed by atoms with Gasteiger partial charge in [0.05, 0.1) is 12.2 Å². The monoisotopic (exact) mass is 256 g/mol. The lowest BCUT2D eigenvalue weighted by molar-refractivity contribution is -0.151. The van der Waals surface area contributed by atoms with E-state index in [9.17, 15) is 23.5 Å². The first-order valence-corrected chi connectivity index (χ1v) is 5.03. The zero-order valence-corrected chi connectivity index (χ0v) is 9.44. The first-order chi connectivity index (χ1) is 8.47. The van der Waals surface area contributed by atoms with Crippen molar-refractivity contribution in [3.63, 3.8) is 0 Å². The molecular formula is C12H10F2O4. The average molecular weight is 256 g/mol. The van der Waals surface area contributed by atoms with Crippen molar-refractivity contribution in [2.24, 2.45) is 0 Å². The minimum atomic E-state index is -1.30. The molecule has 18 heavy (non-hydrogen) atoms. The number of hydrogen-bond donors (Lipinski definition) is 1. The van der Waals surface area contributed by atoms with E-state index in [-0.39, 0.29) is 6.61 Å². The lowest BCUT2D eigenvalue weighted by Crippen LogP contribution is -2.15. The molecule has 4 nitrogen and oxygen atoms in total. The van der Waals surface area contributed by atoms with E-state index >= 15 is 0 Å². The van der Waals surface area contributed by atoms with Crippen molar-refractivity contribution < 1.29 is 28.2 Å². The van der Waals surface area contributed by atoms with Gasteiger partial charge in [0.1, 0.15) is 5.76 Å². The molecule has 0 bridgehead atoms. The summed E-state index contributed by atoms with van der Waals surface area (Å²) < 4.78 is 30.5. The number of ether oxygens (including phenoxy) is 1. The SMILES string of the molecule is CCOC(=O)C(=O)C=C(O)c1cccc(F)c1F. The number of carbonyl (C=O) groups excluding carboxylic acids is 2. The van der Waals surface area contributed by atoms with Crippen molar-refractivity contribution in [2.75, 3.05) is 6.61 Å². The predicted octanol–water partition coefficient (Wildman–Crippen LogP) is 2.00. The first-order valence-electron chi connectivity index (χ1n) is 5.03. The van der Waals surface area contributed by atoms with Gasteiger partial charge in [0, 0.05) is 6.08 Å². The van der Waals surface area contributed by atoms with Crippen LogP contribution in [0.4, 0.5) is 8.78 Å². The van der Waals surface area contributed by atoms with Gasteiger partial charge in [-0.15, -0.1) is 0 Å². The van der Waals surface area contributed by atoms with Crippen LogP contribution in [0.5, 0.6) is 0 Å². The highest BCUT2D eigenvalue weighted by atomic mass is 19.2. The van der Waals surface area contributed by atoms with Crippen LogP contribution in [0.15, 0.2) is 24.3 Å². The lowest BCUT2D eigenvalue weighted by atomic mass is 10.1. The van der Waals surface area contributed by atoms with Crippen molar-refractivity contribution in [2.45, 2.75) is 6.92 Å². The summed E-state index contributed by atoms with van der Waals surface area (Å²) in [6.07, 6.45) is 0.482. The van der Waals surface area contributed by atoms with E-state index in [2.05, 4.69) is 4.74 Å². The number of aliphatic hydroxyl groups is 1. The Labute approximate surface area is 101 Å². The topological polar surface area (TPSA) is 63.6 Å². The summed E-state index contributed by atoms with van der Waals surface area (Å²) >= 11 is 0. The minimum absolute atomic E-state index is 0.00645. The third-order valence-electron chi connectivity index (χ3n) is 1.97. The third-order valence-corrected chi connectivity index (χ3v) is 1.97. The standard InChI is InChI=1S/C12H10F2O4/c1-2-18-12(17)10(16)6-9(15)7-4-3-5-8(13)11(7)14/h3-6,15H,2H2,1H3. The summed E-state index contributed by atoms with van der Waals surface area (Å²) in [5.41, 5.74) is -0.507. The molecule has 0 aliphatic rings. The van der Waals surface area contributed by atoms with Crippen LogP contribution in [0.3, 0.4) is 0 Å². The highest BCUT2D eigenvalue weighted by molar-refractivity contribution is 6.39. The molecule has 0 saturated carbocycles. The molecule has 0 unspecified atom stereocenters. The van der Waals surface area contributed by atoms with E-state index in [4.69, 9.17) is 0 Å². The van der Waals surface area contributed by atoms with Crippen LogP contribution in [-0.4, -0.2) is 23.5 Å². The van der Waals surface area contributed by atoms with Crippen LogP contribution < -0.4 is 0 Å². The maximum Gasteiger partial charge on any atom is 0.379 e. The summed E-state index contributed by atoms with van der Waals surface area (Å²) in [4.78, 5) is 22.2. The Morgan fingerprint density at radius 2 is 2.06 bits per heavy atom. The van der Waals surface area contributed by atoms with Crippen molar-refractivity contribution >= 4 is 17.5 Å². The molecule has 0 aliphatic carbocycles. The molecule has 0 heterocycles. The molecule has 0 amide bonds. The molecule has 0 aromatic heterocycles. The molecule has 1 N–H and O–H groups in total. The second kappa shape index (κ2) is 5.90. The highest BCUT2D eigenvalue weighted by Gasteiger charge is 2.16. The van der Waals surface area contributed by atoms with Gasteiger partial charge in [-0.25, -0.2) is 13.6 Å². The van der Waals surface area contributed by atoms with E-state index in [1.165, 1.54) is 6.92 Å². The van der Waals surface area contributed by atoms with E-state index < -0.39 is 34.7 Å². The average Bonchev–Trinajstić information content (AvgIpc) is 2.32. The minimum Gasteiger partial charge on any atom is -0.507 e. The lowest BCUT2D eigenvalue weighted by Gasteiger charge is -2.02. The molecule has 1 rings (SSSR count). The Kier molecular flexibility index (Phi) is 4.53. The Morgan fingerprint density at radius 3 is 2.67 bits per heavy atom. The van der Waals surface area contributed by atoms with E-state index in [1.807, 2.05) is 0 Å². The highest BCUT2D eigenvalue weighted by Crippen LogP contribution is 2.18. The fraction of sp³-hybridized carbons (Fsp3) is 0.167. The number of rotatable bonds is 4. The molecule has 0 fully saturated rings. The van der Waals surface area contributed by atoms with Crippen LogP contribution in [0.2, 0.25) is 0 Å². The van der Waals surface area contributed by atoms with Crippen molar-refractivity contribution in [1.29, 1.82) is 0 Å². The maximum atomic E-state index is 13.2. The fourth-order valence-electron chi connectivity index (χ4n) is 1.16. The van der Waals surface area contributed by atoms with Crippen LogP contribution in [-0.2, 0) is 14.3 Å². The molecule has 0 aliphatic heterocycles. The molecule has 0 atom stereocenters. The molecular weight excluding hydrogens is 246 g/mol. The Morgan fingerprint density at radius 1 is 1.39 bits per heavy atom. The third kappa shape index (κ3) is 3.13. The molecule has 0 radical (unpaired) electrons. The van der Waals surface area contributed by atoms with E-state index in [0.717, 1.165) is 18.2 Å². The summed E-state index contributed by atoms with van der Waals surface area (Å²) in [6, 6.07) is 3.09. The molecule has 1 aromatic carbocycles. The van der Waals surface area contributed by atoms with Gasteiger partial charge in [0.2, 0.25) is 0 Å². The smallest absolute Gasteiger partial charge is 0.379 e. The van der Waals surface area contributed by atoms with E-state index in [1.54, 1.807) is 0 Å². The Bertz CT molecular complexity index is 509.